The van der Waals surface area contributed by atoms with Crippen LogP contribution in [0, 0.1) is 5.92 Å². The molecular weight excluding hydrogens is 276 g/mol. The lowest BCUT2D eigenvalue weighted by Gasteiger charge is -2.26. The maximum atomic E-state index is 12.0. The normalized spacial score (nSPS) is 35.6. The Morgan fingerprint density at radius 1 is 1.14 bits per heavy atom. The van der Waals surface area contributed by atoms with Gasteiger partial charge in [-0.05, 0) is 18.8 Å². The van der Waals surface area contributed by atoms with Crippen molar-refractivity contribution in [1.29, 1.82) is 0 Å². The Balaban J connectivity index is 1.78. The highest BCUT2D eigenvalue weighted by Gasteiger charge is 2.40. The molecule has 1 aliphatic carbocycles. The Kier molecular flexibility index (Phi) is 5.95. The van der Waals surface area contributed by atoms with E-state index in [1.165, 1.54) is 0 Å². The molecule has 0 spiro atoms. The summed E-state index contributed by atoms with van der Waals surface area (Å²) in [4.78, 5) is 12.0. The van der Waals surface area contributed by atoms with Crippen molar-refractivity contribution in [2.24, 2.45) is 5.92 Å². The molecule has 2 aliphatic rings. The quantitative estimate of drug-likeness (QED) is 0.353. The van der Waals surface area contributed by atoms with Gasteiger partial charge in [-0.25, -0.2) is 0 Å². The van der Waals surface area contributed by atoms with Crippen molar-refractivity contribution in [3.63, 3.8) is 0 Å². The second-order valence-corrected chi connectivity index (χ2v) is 6.13. The minimum atomic E-state index is -1.06. The molecule has 21 heavy (non-hydrogen) atoms. The van der Waals surface area contributed by atoms with Gasteiger partial charge >= 0.3 is 0 Å². The summed E-state index contributed by atoms with van der Waals surface area (Å²) in [5.41, 5.74) is 0. The summed E-state index contributed by atoms with van der Waals surface area (Å²) in [6.07, 6.45) is 1.86. The van der Waals surface area contributed by atoms with E-state index in [1.54, 1.807) is 0 Å². The van der Waals surface area contributed by atoms with Gasteiger partial charge in [-0.1, -0.05) is 19.3 Å². The summed E-state index contributed by atoms with van der Waals surface area (Å²) < 4.78 is 0. The predicted molar refractivity (Wildman–Crippen MR) is 75.4 cm³/mol. The van der Waals surface area contributed by atoms with Crippen molar-refractivity contribution in [2.75, 3.05) is 13.2 Å². The highest BCUT2D eigenvalue weighted by Crippen LogP contribution is 2.26. The fraction of sp³-hybridized carbons (Fsp3) is 0.929. The van der Waals surface area contributed by atoms with Gasteiger partial charge in [-0.2, -0.15) is 0 Å². The summed E-state index contributed by atoms with van der Waals surface area (Å²) in [6.45, 7) is -0.176. The third kappa shape index (κ3) is 3.92. The smallest absolute Gasteiger partial charge is 0.249 e. The molecular formula is C14H26N2O5. The van der Waals surface area contributed by atoms with E-state index in [2.05, 4.69) is 10.6 Å². The average molecular weight is 302 g/mol. The lowest BCUT2D eigenvalue weighted by atomic mass is 9.85. The van der Waals surface area contributed by atoms with Gasteiger partial charge in [-0.15, -0.1) is 0 Å². The molecule has 6 N–H and O–H groups in total. The van der Waals surface area contributed by atoms with Crippen LogP contribution in [-0.4, -0.2) is 69.9 Å². The standard InChI is InChI=1S/C14H26N2O5/c17-7-10-13(20)12(19)9(16-10)6-15-14(21)11(18)8-4-2-1-3-5-8/h8-13,16-20H,1-7H2,(H,15,21)/t9-,10-,11-,12-,13+/m1/s1. The molecule has 0 radical (unpaired) electrons. The van der Waals surface area contributed by atoms with Gasteiger partial charge in [0.2, 0.25) is 5.91 Å². The second kappa shape index (κ2) is 7.51. The average Bonchev–Trinajstić information content (AvgIpc) is 2.80. The van der Waals surface area contributed by atoms with E-state index in [0.717, 1.165) is 32.1 Å². The number of amides is 1. The first-order valence-corrected chi connectivity index (χ1v) is 7.73. The van der Waals surface area contributed by atoms with Crippen LogP contribution in [0.15, 0.2) is 0 Å². The molecule has 1 amide bonds. The Hall–Kier alpha value is -0.730. The summed E-state index contributed by atoms with van der Waals surface area (Å²) in [7, 11) is 0. The van der Waals surface area contributed by atoms with E-state index in [0.29, 0.717) is 0 Å². The highest BCUT2D eigenvalue weighted by atomic mass is 16.3. The third-order valence-corrected chi connectivity index (χ3v) is 4.66. The van der Waals surface area contributed by atoms with Crippen LogP contribution in [-0.2, 0) is 4.79 Å². The van der Waals surface area contributed by atoms with Gasteiger partial charge in [0.15, 0.2) is 0 Å². The van der Waals surface area contributed by atoms with Gasteiger partial charge < -0.3 is 31.1 Å². The molecule has 2 fully saturated rings. The summed E-state index contributed by atoms with van der Waals surface area (Å²) in [5, 5.41) is 44.1. The van der Waals surface area contributed by atoms with Crippen molar-refractivity contribution in [2.45, 2.75) is 62.5 Å². The fourth-order valence-corrected chi connectivity index (χ4v) is 3.27. The lowest BCUT2D eigenvalue weighted by molar-refractivity contribution is -0.132. The van der Waals surface area contributed by atoms with Gasteiger partial charge in [0.1, 0.15) is 6.10 Å². The third-order valence-electron chi connectivity index (χ3n) is 4.66. The van der Waals surface area contributed by atoms with E-state index in [9.17, 15) is 20.1 Å². The van der Waals surface area contributed by atoms with Gasteiger partial charge in [0, 0.05) is 6.54 Å². The number of carbonyl (C=O) groups is 1. The maximum absolute atomic E-state index is 12.0. The molecule has 1 saturated heterocycles. The van der Waals surface area contributed by atoms with Crippen LogP contribution >= 0.6 is 0 Å². The number of nitrogens with one attached hydrogen (secondary N) is 2. The molecule has 1 heterocycles. The summed E-state index contributed by atoms with van der Waals surface area (Å²) >= 11 is 0. The number of carbonyl (C=O) groups excluding carboxylic acids is 1. The van der Waals surface area contributed by atoms with E-state index in [1.807, 2.05) is 0 Å². The van der Waals surface area contributed by atoms with E-state index in [4.69, 9.17) is 5.11 Å². The van der Waals surface area contributed by atoms with Crippen LogP contribution in [0.1, 0.15) is 32.1 Å². The molecule has 7 heteroatoms. The second-order valence-electron chi connectivity index (χ2n) is 6.13. The van der Waals surface area contributed by atoms with Gasteiger partial charge in [0.05, 0.1) is 30.9 Å². The molecule has 0 unspecified atom stereocenters. The van der Waals surface area contributed by atoms with Crippen LogP contribution < -0.4 is 10.6 Å². The molecule has 1 aliphatic heterocycles. The monoisotopic (exact) mass is 302 g/mol. The van der Waals surface area contributed by atoms with Crippen LogP contribution in [0.2, 0.25) is 0 Å². The van der Waals surface area contributed by atoms with Crippen molar-refractivity contribution in [3.8, 4) is 0 Å². The first-order valence-electron chi connectivity index (χ1n) is 7.73. The van der Waals surface area contributed by atoms with Crippen molar-refractivity contribution in [3.05, 3.63) is 0 Å². The SMILES string of the molecule is O=C(NC[C@H]1N[C@H](CO)[C@H](O)[C@@H]1O)[C@H](O)C1CCCCC1. The molecule has 0 aromatic carbocycles. The Morgan fingerprint density at radius 2 is 1.76 bits per heavy atom. The number of aliphatic hydroxyl groups excluding tert-OH is 4. The molecule has 1 saturated carbocycles. The predicted octanol–water partition coefficient (Wildman–Crippen LogP) is -1.90. The summed E-state index contributed by atoms with van der Waals surface area (Å²) in [5.74, 6) is -0.422. The Labute approximate surface area is 124 Å². The topological polar surface area (TPSA) is 122 Å². The van der Waals surface area contributed by atoms with Crippen LogP contribution in [0.5, 0.6) is 0 Å². The first kappa shape index (κ1) is 16.6. The minimum absolute atomic E-state index is 0.0102. The minimum Gasteiger partial charge on any atom is -0.395 e. The highest BCUT2D eigenvalue weighted by molar-refractivity contribution is 5.80. The van der Waals surface area contributed by atoms with Crippen molar-refractivity contribution >= 4 is 5.91 Å². The zero-order valence-corrected chi connectivity index (χ0v) is 12.1. The molecule has 0 aromatic heterocycles. The molecule has 0 aromatic rings. The van der Waals surface area contributed by atoms with Crippen molar-refractivity contribution < 1.29 is 25.2 Å². The number of hydrogen-bond acceptors (Lipinski definition) is 6. The molecule has 5 atom stereocenters. The number of aliphatic hydroxyl groups is 4. The molecule has 7 nitrogen and oxygen atoms in total. The zero-order valence-electron chi connectivity index (χ0n) is 12.1. The van der Waals surface area contributed by atoms with E-state index < -0.39 is 36.3 Å². The number of hydrogen-bond donors (Lipinski definition) is 6. The first-order chi connectivity index (χ1) is 10.0. The van der Waals surface area contributed by atoms with Crippen molar-refractivity contribution in [1.82, 2.24) is 10.6 Å². The summed E-state index contributed by atoms with van der Waals surface area (Å²) in [6, 6.07) is -1.12. The lowest BCUT2D eigenvalue weighted by Crippen LogP contribution is -2.48. The van der Waals surface area contributed by atoms with E-state index >= 15 is 0 Å². The van der Waals surface area contributed by atoms with Gasteiger partial charge in [-0.3, -0.25) is 4.79 Å². The Bertz CT molecular complexity index is 348. The van der Waals surface area contributed by atoms with Crippen LogP contribution in [0.25, 0.3) is 0 Å². The fourth-order valence-electron chi connectivity index (χ4n) is 3.27. The molecule has 2 rings (SSSR count). The van der Waals surface area contributed by atoms with E-state index in [-0.39, 0.29) is 19.1 Å². The Morgan fingerprint density at radius 3 is 2.33 bits per heavy atom. The maximum Gasteiger partial charge on any atom is 0.249 e. The van der Waals surface area contributed by atoms with Crippen LogP contribution in [0.4, 0.5) is 0 Å². The zero-order chi connectivity index (χ0) is 15.4. The molecule has 122 valence electrons. The largest absolute Gasteiger partial charge is 0.395 e. The van der Waals surface area contributed by atoms with Gasteiger partial charge in [0.25, 0.3) is 0 Å². The number of rotatable bonds is 5. The van der Waals surface area contributed by atoms with Crippen LogP contribution in [0.3, 0.4) is 0 Å². The molecule has 0 bridgehead atoms.